The van der Waals surface area contributed by atoms with Crippen LogP contribution in [-0.2, 0) is 13.2 Å². The maximum absolute atomic E-state index is 6.01. The summed E-state index contributed by atoms with van der Waals surface area (Å²) in [5, 5.41) is 4.24. The van der Waals surface area contributed by atoms with Gasteiger partial charge in [-0.2, -0.15) is 0 Å². The molecule has 0 amide bonds. The highest BCUT2D eigenvalue weighted by atomic mass is 35.5. The third-order valence-electron chi connectivity index (χ3n) is 3.71. The quantitative estimate of drug-likeness (QED) is 0.849. The van der Waals surface area contributed by atoms with E-state index in [1.807, 2.05) is 25.1 Å². The molecule has 0 bridgehead atoms. The third-order valence-corrected chi connectivity index (χ3v) is 3.94. The SMILES string of the molecule is Cc1ccc(Cl)cc1OCc1cccc(CNC2CC2)c1. The van der Waals surface area contributed by atoms with Crippen molar-refractivity contribution >= 4 is 11.6 Å². The smallest absolute Gasteiger partial charge is 0.124 e. The van der Waals surface area contributed by atoms with Crippen LogP contribution in [0.1, 0.15) is 29.5 Å². The minimum Gasteiger partial charge on any atom is -0.489 e. The highest BCUT2D eigenvalue weighted by molar-refractivity contribution is 6.30. The van der Waals surface area contributed by atoms with Crippen molar-refractivity contribution in [2.24, 2.45) is 0 Å². The van der Waals surface area contributed by atoms with E-state index in [1.165, 1.54) is 24.0 Å². The molecular formula is C18H20ClNO. The molecular weight excluding hydrogens is 282 g/mol. The summed E-state index contributed by atoms with van der Waals surface area (Å²) in [5.41, 5.74) is 3.60. The summed E-state index contributed by atoms with van der Waals surface area (Å²) in [7, 11) is 0. The number of nitrogens with one attached hydrogen (secondary N) is 1. The predicted molar refractivity (Wildman–Crippen MR) is 86.8 cm³/mol. The van der Waals surface area contributed by atoms with Crippen molar-refractivity contribution in [3.05, 3.63) is 64.2 Å². The van der Waals surface area contributed by atoms with E-state index in [4.69, 9.17) is 16.3 Å². The Kier molecular flexibility index (Phi) is 4.47. The van der Waals surface area contributed by atoms with Crippen LogP contribution in [0.2, 0.25) is 5.02 Å². The van der Waals surface area contributed by atoms with Gasteiger partial charge in [-0.25, -0.2) is 0 Å². The van der Waals surface area contributed by atoms with Gasteiger partial charge in [0, 0.05) is 17.6 Å². The molecule has 0 unspecified atom stereocenters. The minimum absolute atomic E-state index is 0.568. The van der Waals surface area contributed by atoms with Crippen molar-refractivity contribution < 1.29 is 4.74 Å². The number of hydrogen-bond acceptors (Lipinski definition) is 2. The number of hydrogen-bond donors (Lipinski definition) is 1. The Bertz CT molecular complexity index is 622. The number of aryl methyl sites for hydroxylation is 1. The number of ether oxygens (including phenoxy) is 1. The first kappa shape index (κ1) is 14.4. The number of rotatable bonds is 6. The van der Waals surface area contributed by atoms with Crippen LogP contribution in [0.3, 0.4) is 0 Å². The van der Waals surface area contributed by atoms with E-state index >= 15 is 0 Å². The maximum atomic E-state index is 6.01. The van der Waals surface area contributed by atoms with Crippen LogP contribution in [0, 0.1) is 6.92 Å². The van der Waals surface area contributed by atoms with Gasteiger partial charge in [0.15, 0.2) is 0 Å². The Morgan fingerprint density at radius 1 is 1.14 bits per heavy atom. The van der Waals surface area contributed by atoms with Crippen molar-refractivity contribution in [1.29, 1.82) is 0 Å². The van der Waals surface area contributed by atoms with Gasteiger partial charge in [-0.15, -0.1) is 0 Å². The highest BCUT2D eigenvalue weighted by Gasteiger charge is 2.19. The molecule has 0 atom stereocenters. The topological polar surface area (TPSA) is 21.3 Å². The molecule has 3 rings (SSSR count). The molecule has 1 aliphatic carbocycles. The van der Waals surface area contributed by atoms with Crippen molar-refractivity contribution in [3.63, 3.8) is 0 Å². The van der Waals surface area contributed by atoms with Crippen molar-refractivity contribution in [3.8, 4) is 5.75 Å². The Hall–Kier alpha value is -1.51. The fourth-order valence-electron chi connectivity index (χ4n) is 2.27. The van der Waals surface area contributed by atoms with Gasteiger partial charge >= 0.3 is 0 Å². The summed E-state index contributed by atoms with van der Waals surface area (Å²) in [6.45, 7) is 3.54. The van der Waals surface area contributed by atoms with E-state index in [0.717, 1.165) is 23.9 Å². The standard InChI is InChI=1S/C18H20ClNO/c1-13-5-6-16(19)10-18(13)21-12-15-4-2-3-14(9-15)11-20-17-7-8-17/h2-6,9-10,17,20H,7-8,11-12H2,1H3. The van der Waals surface area contributed by atoms with E-state index in [9.17, 15) is 0 Å². The van der Waals surface area contributed by atoms with E-state index in [1.54, 1.807) is 0 Å². The number of halogens is 1. The van der Waals surface area contributed by atoms with Crippen molar-refractivity contribution in [2.45, 2.75) is 39.0 Å². The fourth-order valence-corrected chi connectivity index (χ4v) is 2.43. The minimum atomic E-state index is 0.568. The zero-order valence-corrected chi connectivity index (χ0v) is 13.0. The Balaban J connectivity index is 1.61. The monoisotopic (exact) mass is 301 g/mol. The van der Waals surface area contributed by atoms with Gasteiger partial charge < -0.3 is 10.1 Å². The maximum Gasteiger partial charge on any atom is 0.124 e. The van der Waals surface area contributed by atoms with Crippen molar-refractivity contribution in [2.75, 3.05) is 0 Å². The summed E-state index contributed by atoms with van der Waals surface area (Å²) in [6, 6.07) is 15.0. The highest BCUT2D eigenvalue weighted by Crippen LogP contribution is 2.24. The Morgan fingerprint density at radius 3 is 2.76 bits per heavy atom. The summed E-state index contributed by atoms with van der Waals surface area (Å²) in [6.07, 6.45) is 2.63. The van der Waals surface area contributed by atoms with Crippen LogP contribution < -0.4 is 10.1 Å². The molecule has 1 saturated carbocycles. The van der Waals surface area contributed by atoms with Crippen LogP contribution in [0.4, 0.5) is 0 Å². The molecule has 2 aromatic rings. The first-order valence-corrected chi connectivity index (χ1v) is 7.78. The number of benzene rings is 2. The molecule has 0 aromatic heterocycles. The van der Waals surface area contributed by atoms with Crippen LogP contribution >= 0.6 is 11.6 Å². The summed E-state index contributed by atoms with van der Waals surface area (Å²) >= 11 is 6.01. The lowest BCUT2D eigenvalue weighted by atomic mass is 10.1. The van der Waals surface area contributed by atoms with Crippen molar-refractivity contribution in [1.82, 2.24) is 5.32 Å². The van der Waals surface area contributed by atoms with E-state index < -0.39 is 0 Å². The normalized spacial score (nSPS) is 14.2. The molecule has 110 valence electrons. The lowest BCUT2D eigenvalue weighted by Gasteiger charge is -2.11. The first-order valence-electron chi connectivity index (χ1n) is 7.41. The lowest BCUT2D eigenvalue weighted by Crippen LogP contribution is -2.15. The van der Waals surface area contributed by atoms with Gasteiger partial charge in [0.05, 0.1) is 0 Å². The molecule has 3 heteroatoms. The lowest BCUT2D eigenvalue weighted by molar-refractivity contribution is 0.304. The van der Waals surface area contributed by atoms with E-state index in [-0.39, 0.29) is 0 Å². The first-order chi connectivity index (χ1) is 10.2. The van der Waals surface area contributed by atoms with Crippen LogP contribution in [0.5, 0.6) is 5.75 Å². The molecule has 2 aromatic carbocycles. The Labute approximate surface area is 131 Å². The second kappa shape index (κ2) is 6.50. The summed E-state index contributed by atoms with van der Waals surface area (Å²) < 4.78 is 5.89. The second-order valence-corrected chi connectivity index (χ2v) is 6.11. The molecule has 1 aliphatic rings. The fraction of sp³-hybridized carbons (Fsp3) is 0.333. The molecule has 0 saturated heterocycles. The van der Waals surface area contributed by atoms with Crippen LogP contribution in [-0.4, -0.2) is 6.04 Å². The van der Waals surface area contributed by atoms with Gasteiger partial charge in [0.1, 0.15) is 12.4 Å². The molecule has 1 fully saturated rings. The molecule has 0 heterocycles. The molecule has 2 nitrogen and oxygen atoms in total. The summed E-state index contributed by atoms with van der Waals surface area (Å²) in [4.78, 5) is 0. The molecule has 0 spiro atoms. The zero-order valence-electron chi connectivity index (χ0n) is 12.2. The molecule has 21 heavy (non-hydrogen) atoms. The molecule has 0 aliphatic heterocycles. The van der Waals surface area contributed by atoms with Gasteiger partial charge in [-0.3, -0.25) is 0 Å². The second-order valence-electron chi connectivity index (χ2n) is 5.67. The largest absolute Gasteiger partial charge is 0.489 e. The van der Waals surface area contributed by atoms with Gasteiger partial charge in [-0.05, 0) is 48.6 Å². The average molecular weight is 302 g/mol. The van der Waals surface area contributed by atoms with Gasteiger partial charge in [-0.1, -0.05) is 41.9 Å². The van der Waals surface area contributed by atoms with Crippen LogP contribution in [0.15, 0.2) is 42.5 Å². The predicted octanol–water partition coefficient (Wildman–Crippen LogP) is 4.48. The third kappa shape index (κ3) is 4.23. The molecule has 1 N–H and O–H groups in total. The zero-order chi connectivity index (χ0) is 14.7. The average Bonchev–Trinajstić information content (AvgIpc) is 3.31. The Morgan fingerprint density at radius 2 is 1.95 bits per heavy atom. The van der Waals surface area contributed by atoms with Gasteiger partial charge in [0.25, 0.3) is 0 Å². The van der Waals surface area contributed by atoms with Crippen LogP contribution in [0.25, 0.3) is 0 Å². The van der Waals surface area contributed by atoms with Gasteiger partial charge in [0.2, 0.25) is 0 Å². The van der Waals surface area contributed by atoms with E-state index in [0.29, 0.717) is 11.6 Å². The van der Waals surface area contributed by atoms with E-state index in [2.05, 4.69) is 29.6 Å². The summed E-state index contributed by atoms with van der Waals surface area (Å²) in [5.74, 6) is 0.851. The molecule has 0 radical (unpaired) electrons.